The monoisotopic (exact) mass is 438 g/mol. The largest absolute Gasteiger partial charge is 0.263 e. The molecule has 0 spiro atoms. The highest BCUT2D eigenvalue weighted by Crippen LogP contribution is 2.29. The number of nitrogens with zero attached hydrogens (tertiary/aromatic N) is 3. The summed E-state index contributed by atoms with van der Waals surface area (Å²) in [6, 6.07) is 15.5. The molecule has 0 unspecified atom stereocenters. The third kappa shape index (κ3) is 3.90. The van der Waals surface area contributed by atoms with Gasteiger partial charge in [-0.25, -0.2) is 17.5 Å². The number of aromatic nitrogens is 3. The molecule has 0 aliphatic carbocycles. The van der Waals surface area contributed by atoms with E-state index in [-0.39, 0.29) is 21.8 Å². The highest BCUT2D eigenvalue weighted by molar-refractivity contribution is 7.92. The number of rotatable bonds is 4. The number of halogens is 1. The Bertz CT molecular complexity index is 1370. The van der Waals surface area contributed by atoms with Gasteiger partial charge < -0.3 is 0 Å². The van der Waals surface area contributed by atoms with Gasteiger partial charge in [0.15, 0.2) is 11.6 Å². The second-order valence-corrected chi connectivity index (χ2v) is 10.1. The molecule has 4 aromatic rings. The van der Waals surface area contributed by atoms with Crippen LogP contribution in [-0.2, 0) is 15.4 Å². The van der Waals surface area contributed by atoms with E-state index in [0.717, 1.165) is 10.9 Å². The molecule has 0 amide bonds. The van der Waals surface area contributed by atoms with E-state index in [4.69, 9.17) is 0 Å². The minimum atomic E-state index is -4.03. The first-order valence-electron chi connectivity index (χ1n) is 9.80. The molecule has 160 valence electrons. The Balaban J connectivity index is 1.79. The summed E-state index contributed by atoms with van der Waals surface area (Å²) in [4.78, 5) is 4.35. The number of anilines is 1. The molecule has 0 radical (unpaired) electrons. The Morgan fingerprint density at radius 2 is 1.71 bits per heavy atom. The second-order valence-electron chi connectivity index (χ2n) is 8.39. The van der Waals surface area contributed by atoms with Crippen molar-refractivity contribution < 1.29 is 12.8 Å². The Labute approximate surface area is 180 Å². The lowest BCUT2D eigenvalue weighted by atomic mass is 9.87. The summed E-state index contributed by atoms with van der Waals surface area (Å²) >= 11 is 0. The van der Waals surface area contributed by atoms with Crippen LogP contribution in [0.15, 0.2) is 65.7 Å². The van der Waals surface area contributed by atoms with Crippen molar-refractivity contribution in [2.45, 2.75) is 38.0 Å². The van der Waals surface area contributed by atoms with Gasteiger partial charge in [-0.15, -0.1) is 0 Å². The third-order valence-electron chi connectivity index (χ3n) is 5.10. The molecule has 2 heterocycles. The van der Waals surface area contributed by atoms with Gasteiger partial charge in [0, 0.05) is 11.6 Å². The van der Waals surface area contributed by atoms with E-state index in [1.165, 1.54) is 23.7 Å². The molecule has 0 fully saturated rings. The van der Waals surface area contributed by atoms with Crippen LogP contribution >= 0.6 is 0 Å². The summed E-state index contributed by atoms with van der Waals surface area (Å²) < 4.78 is 44.7. The van der Waals surface area contributed by atoms with Gasteiger partial charge in [-0.3, -0.25) is 9.71 Å². The molecule has 2 aromatic carbocycles. The van der Waals surface area contributed by atoms with E-state index in [2.05, 4.69) is 14.8 Å². The van der Waals surface area contributed by atoms with Gasteiger partial charge in [0.25, 0.3) is 10.0 Å². The van der Waals surface area contributed by atoms with Crippen molar-refractivity contribution in [3.8, 4) is 5.69 Å². The Hall–Kier alpha value is -3.26. The number of aryl methyl sites for hydroxylation is 1. The topological polar surface area (TPSA) is 76.9 Å². The lowest BCUT2D eigenvalue weighted by molar-refractivity contribution is 0.587. The Morgan fingerprint density at radius 1 is 1.00 bits per heavy atom. The third-order valence-corrected chi connectivity index (χ3v) is 6.45. The molecule has 0 saturated carbocycles. The van der Waals surface area contributed by atoms with Crippen LogP contribution in [0.25, 0.3) is 16.6 Å². The van der Waals surface area contributed by atoms with Crippen molar-refractivity contribution in [2.24, 2.45) is 0 Å². The minimum absolute atomic E-state index is 0.0462. The predicted octanol–water partition coefficient (Wildman–Crippen LogP) is 4.97. The molecule has 1 N–H and O–H groups in total. The fourth-order valence-corrected chi connectivity index (χ4v) is 4.41. The molecule has 2 aromatic heterocycles. The summed E-state index contributed by atoms with van der Waals surface area (Å²) in [6.07, 6.45) is 1.66. The van der Waals surface area contributed by atoms with Crippen molar-refractivity contribution in [3.05, 3.63) is 77.9 Å². The van der Waals surface area contributed by atoms with Crippen molar-refractivity contribution in [1.29, 1.82) is 0 Å². The van der Waals surface area contributed by atoms with Crippen molar-refractivity contribution in [1.82, 2.24) is 14.8 Å². The number of benzene rings is 2. The average molecular weight is 439 g/mol. The van der Waals surface area contributed by atoms with E-state index in [9.17, 15) is 12.8 Å². The maximum atomic E-state index is 14.9. The summed E-state index contributed by atoms with van der Waals surface area (Å²) in [5.74, 6) is -0.968. The van der Waals surface area contributed by atoms with Crippen LogP contribution < -0.4 is 4.72 Å². The average Bonchev–Trinajstić information content (AvgIpc) is 3.00. The molecule has 0 atom stereocenters. The molecular formula is C23H23FN4O2S. The van der Waals surface area contributed by atoms with Crippen LogP contribution in [0, 0.1) is 12.7 Å². The fourth-order valence-electron chi connectivity index (χ4n) is 3.36. The van der Waals surface area contributed by atoms with Crippen LogP contribution in [0.1, 0.15) is 32.0 Å². The van der Waals surface area contributed by atoms with E-state index in [0.29, 0.717) is 11.2 Å². The quantitative estimate of drug-likeness (QED) is 0.488. The maximum Gasteiger partial charge on any atom is 0.263 e. The zero-order valence-electron chi connectivity index (χ0n) is 17.7. The van der Waals surface area contributed by atoms with Gasteiger partial charge in [0.05, 0.1) is 21.8 Å². The summed E-state index contributed by atoms with van der Waals surface area (Å²) in [5.41, 5.74) is 2.20. The second kappa shape index (κ2) is 7.46. The fraction of sp³-hybridized carbons (Fsp3) is 0.217. The molecule has 0 aliphatic rings. The normalized spacial score (nSPS) is 12.3. The van der Waals surface area contributed by atoms with Gasteiger partial charge in [-0.05, 0) is 54.3 Å². The van der Waals surface area contributed by atoms with Gasteiger partial charge >= 0.3 is 0 Å². The van der Waals surface area contributed by atoms with Crippen LogP contribution in [0.3, 0.4) is 0 Å². The van der Waals surface area contributed by atoms with Gasteiger partial charge in [-0.2, -0.15) is 5.10 Å². The highest BCUT2D eigenvalue weighted by atomic mass is 32.2. The number of nitrogens with one attached hydrogen (secondary N) is 1. The summed E-state index contributed by atoms with van der Waals surface area (Å²) in [6.45, 7) is 7.63. The van der Waals surface area contributed by atoms with Gasteiger partial charge in [0.1, 0.15) is 0 Å². The molecule has 31 heavy (non-hydrogen) atoms. The SMILES string of the molecule is Cc1nn(-c2cccc3ncccc23)c(NS(=O)(=O)c2ccc(C(C)(C)C)cc2)c1F. The zero-order chi connectivity index (χ0) is 22.4. The van der Waals surface area contributed by atoms with Gasteiger partial charge in [0.2, 0.25) is 0 Å². The Morgan fingerprint density at radius 3 is 2.39 bits per heavy atom. The first kappa shape index (κ1) is 21.0. The van der Waals surface area contributed by atoms with Gasteiger partial charge in [-0.1, -0.05) is 39.0 Å². The van der Waals surface area contributed by atoms with E-state index in [1.807, 2.05) is 32.9 Å². The molecule has 0 aliphatic heterocycles. The predicted molar refractivity (Wildman–Crippen MR) is 120 cm³/mol. The first-order valence-corrected chi connectivity index (χ1v) is 11.3. The van der Waals surface area contributed by atoms with Crippen molar-refractivity contribution in [3.63, 3.8) is 0 Å². The number of hydrogen-bond acceptors (Lipinski definition) is 4. The number of sulfonamides is 1. The lowest BCUT2D eigenvalue weighted by Crippen LogP contribution is -2.17. The van der Waals surface area contributed by atoms with Crippen LogP contribution in [0.4, 0.5) is 10.2 Å². The lowest BCUT2D eigenvalue weighted by Gasteiger charge is -2.19. The number of hydrogen-bond donors (Lipinski definition) is 1. The molecule has 8 heteroatoms. The van der Waals surface area contributed by atoms with Crippen LogP contribution in [0.5, 0.6) is 0 Å². The first-order chi connectivity index (χ1) is 14.6. The molecule has 4 rings (SSSR count). The molecule has 0 bridgehead atoms. The van der Waals surface area contributed by atoms with E-state index < -0.39 is 15.8 Å². The smallest absolute Gasteiger partial charge is 0.261 e. The molecule has 6 nitrogen and oxygen atoms in total. The maximum absolute atomic E-state index is 14.9. The summed E-state index contributed by atoms with van der Waals surface area (Å²) in [7, 11) is -4.03. The van der Waals surface area contributed by atoms with E-state index >= 15 is 0 Å². The number of pyridine rings is 1. The van der Waals surface area contributed by atoms with Crippen LogP contribution in [-0.4, -0.2) is 23.2 Å². The summed E-state index contributed by atoms with van der Waals surface area (Å²) in [5, 5.41) is 4.97. The van der Waals surface area contributed by atoms with Crippen molar-refractivity contribution >= 4 is 26.7 Å². The highest BCUT2D eigenvalue weighted by Gasteiger charge is 2.24. The van der Waals surface area contributed by atoms with E-state index in [1.54, 1.807) is 36.5 Å². The zero-order valence-corrected chi connectivity index (χ0v) is 18.5. The minimum Gasteiger partial charge on any atom is -0.261 e. The standard InChI is InChI=1S/C23H23FN4O2S/c1-15-21(24)22(27-31(29,30)17-12-10-16(11-13-17)23(2,3)4)28(26-15)20-9-5-8-19-18(20)7-6-14-25-19/h5-14,27H,1-4H3. The van der Waals surface area contributed by atoms with Crippen LogP contribution in [0.2, 0.25) is 0 Å². The number of fused-ring (bicyclic) bond motifs is 1. The molecule has 0 saturated heterocycles. The Kier molecular flexibility index (Phi) is 5.05. The molecular weight excluding hydrogens is 415 g/mol. The van der Waals surface area contributed by atoms with Crippen molar-refractivity contribution in [2.75, 3.05) is 4.72 Å².